The SMILES string of the molecule is Oc1cc2c(cc1O)c1c(O)c(O)cc3c4cc(O)c(O)cc4c4c(O)c(O)cc2c4c31. The molecule has 8 heteroatoms. The van der Waals surface area contributed by atoms with Crippen molar-refractivity contribution in [1.29, 1.82) is 0 Å². The minimum Gasteiger partial charge on any atom is -0.504 e. The second-order valence-corrected chi connectivity index (χ2v) is 7.86. The summed E-state index contributed by atoms with van der Waals surface area (Å²) in [5.41, 5.74) is 0. The molecule has 0 atom stereocenters. The summed E-state index contributed by atoms with van der Waals surface area (Å²) in [4.78, 5) is 0. The van der Waals surface area contributed by atoms with Crippen LogP contribution in [0.25, 0.3) is 53.9 Å². The number of hydrogen-bond acceptors (Lipinski definition) is 8. The number of rotatable bonds is 0. The van der Waals surface area contributed by atoms with Crippen LogP contribution in [0, 0.1) is 0 Å². The van der Waals surface area contributed by atoms with Crippen molar-refractivity contribution in [2.45, 2.75) is 0 Å². The Morgan fingerprint density at radius 3 is 0.875 bits per heavy atom. The molecule has 6 aromatic carbocycles. The molecule has 0 unspecified atom stereocenters. The highest BCUT2D eigenvalue weighted by Crippen LogP contribution is 2.55. The van der Waals surface area contributed by atoms with Crippen molar-refractivity contribution >= 4 is 53.9 Å². The van der Waals surface area contributed by atoms with Crippen LogP contribution in [0.5, 0.6) is 46.0 Å². The number of phenolic OH excluding ortho intramolecular Hbond substituents is 8. The van der Waals surface area contributed by atoms with Crippen LogP contribution in [-0.4, -0.2) is 40.9 Å². The van der Waals surface area contributed by atoms with Gasteiger partial charge in [0, 0.05) is 21.5 Å². The largest absolute Gasteiger partial charge is 0.504 e. The molecule has 0 aliphatic heterocycles. The number of hydrogen-bond donors (Lipinski definition) is 8. The Hall–Kier alpha value is -4.72. The van der Waals surface area contributed by atoms with Crippen molar-refractivity contribution in [3.63, 3.8) is 0 Å². The Morgan fingerprint density at radius 1 is 0.281 bits per heavy atom. The maximum Gasteiger partial charge on any atom is 0.166 e. The van der Waals surface area contributed by atoms with Crippen LogP contribution >= 0.6 is 0 Å². The molecule has 0 amide bonds. The van der Waals surface area contributed by atoms with Gasteiger partial charge in [0.15, 0.2) is 46.0 Å². The number of fused-ring (bicyclic) bond motifs is 6. The highest BCUT2D eigenvalue weighted by molar-refractivity contribution is 6.42. The molecule has 0 radical (unpaired) electrons. The van der Waals surface area contributed by atoms with E-state index in [2.05, 4.69) is 0 Å². The van der Waals surface area contributed by atoms with E-state index in [1.54, 1.807) is 0 Å². The van der Waals surface area contributed by atoms with Gasteiger partial charge in [-0.1, -0.05) is 0 Å². The molecule has 32 heavy (non-hydrogen) atoms. The van der Waals surface area contributed by atoms with Crippen LogP contribution in [0.4, 0.5) is 0 Å². The van der Waals surface area contributed by atoms with Gasteiger partial charge in [0.2, 0.25) is 0 Å². The first-order chi connectivity index (χ1) is 15.2. The van der Waals surface area contributed by atoms with Crippen molar-refractivity contribution in [3.8, 4) is 46.0 Å². The zero-order valence-electron chi connectivity index (χ0n) is 16.0. The standard InChI is InChI=1S/C24H14O8/c25-13-1-7-9-5-17(29)24(32)22-12-4-16(28)14(26)2-8(12)10-6-18(30)23(31)21(20(10)19(9)22)11(7)3-15(13)27/h1-6,25-32H. The van der Waals surface area contributed by atoms with E-state index < -0.39 is 46.0 Å². The molecule has 0 aromatic heterocycles. The molecule has 0 heterocycles. The van der Waals surface area contributed by atoms with Crippen molar-refractivity contribution in [1.82, 2.24) is 0 Å². The first kappa shape index (κ1) is 18.1. The minimum atomic E-state index is -0.481. The summed E-state index contributed by atoms with van der Waals surface area (Å²) < 4.78 is 0. The van der Waals surface area contributed by atoms with Gasteiger partial charge in [-0.15, -0.1) is 0 Å². The van der Waals surface area contributed by atoms with Crippen LogP contribution in [-0.2, 0) is 0 Å². The highest BCUT2D eigenvalue weighted by Gasteiger charge is 2.25. The average molecular weight is 430 g/mol. The molecule has 0 spiro atoms. The highest BCUT2D eigenvalue weighted by atomic mass is 16.3. The van der Waals surface area contributed by atoms with E-state index in [0.717, 1.165) is 0 Å². The smallest absolute Gasteiger partial charge is 0.166 e. The molecule has 8 N–H and O–H groups in total. The van der Waals surface area contributed by atoms with Crippen LogP contribution in [0.3, 0.4) is 0 Å². The van der Waals surface area contributed by atoms with E-state index in [1.165, 1.54) is 36.4 Å². The molecular formula is C24H14O8. The molecule has 6 aromatic rings. The van der Waals surface area contributed by atoms with Gasteiger partial charge >= 0.3 is 0 Å². The van der Waals surface area contributed by atoms with E-state index in [-0.39, 0.29) is 21.5 Å². The van der Waals surface area contributed by atoms with Gasteiger partial charge in [-0.2, -0.15) is 0 Å². The van der Waals surface area contributed by atoms with Gasteiger partial charge in [-0.25, -0.2) is 0 Å². The van der Waals surface area contributed by atoms with Crippen LogP contribution < -0.4 is 0 Å². The number of aromatic hydroxyl groups is 8. The van der Waals surface area contributed by atoms with E-state index in [4.69, 9.17) is 0 Å². The summed E-state index contributed by atoms with van der Waals surface area (Å²) in [7, 11) is 0. The second kappa shape index (κ2) is 5.50. The molecule has 0 saturated heterocycles. The summed E-state index contributed by atoms with van der Waals surface area (Å²) in [6, 6.07) is 7.57. The molecule has 0 bridgehead atoms. The Balaban J connectivity index is 2.14. The lowest BCUT2D eigenvalue weighted by Crippen LogP contribution is -1.92. The van der Waals surface area contributed by atoms with Gasteiger partial charge in [-0.05, 0) is 68.7 Å². The maximum atomic E-state index is 10.8. The van der Waals surface area contributed by atoms with Gasteiger partial charge < -0.3 is 40.9 Å². The summed E-state index contributed by atoms with van der Waals surface area (Å²) in [6.07, 6.45) is 0. The normalized spacial score (nSPS) is 12.1. The van der Waals surface area contributed by atoms with E-state index in [0.29, 0.717) is 32.3 Å². The zero-order chi connectivity index (χ0) is 22.6. The van der Waals surface area contributed by atoms with Crippen LogP contribution in [0.2, 0.25) is 0 Å². The van der Waals surface area contributed by atoms with Gasteiger partial charge in [-0.3, -0.25) is 0 Å². The monoisotopic (exact) mass is 430 g/mol. The summed E-state index contributed by atoms with van der Waals surface area (Å²) in [5.74, 6) is -3.68. The Morgan fingerprint density at radius 2 is 0.531 bits per heavy atom. The van der Waals surface area contributed by atoms with Crippen LogP contribution in [0.1, 0.15) is 0 Å². The van der Waals surface area contributed by atoms with Crippen LogP contribution in [0.15, 0.2) is 36.4 Å². The Labute approximate surface area is 177 Å². The molecule has 0 aliphatic rings. The second-order valence-electron chi connectivity index (χ2n) is 7.86. The Kier molecular flexibility index (Phi) is 3.11. The van der Waals surface area contributed by atoms with Crippen molar-refractivity contribution in [2.75, 3.05) is 0 Å². The lowest BCUT2D eigenvalue weighted by Gasteiger charge is -2.20. The molecule has 158 valence electrons. The van der Waals surface area contributed by atoms with Crippen molar-refractivity contribution < 1.29 is 40.9 Å². The number of phenols is 8. The number of benzene rings is 6. The fourth-order valence-electron chi connectivity index (χ4n) is 4.80. The topological polar surface area (TPSA) is 162 Å². The van der Waals surface area contributed by atoms with Gasteiger partial charge in [0.1, 0.15) is 0 Å². The quantitative estimate of drug-likeness (QED) is 0.0990. The summed E-state index contributed by atoms with van der Waals surface area (Å²) >= 11 is 0. The molecule has 0 fully saturated rings. The van der Waals surface area contributed by atoms with Crippen molar-refractivity contribution in [2.24, 2.45) is 0 Å². The molecule has 6 rings (SSSR count). The predicted octanol–water partition coefficient (Wildman–Crippen LogP) is 4.54. The lowest BCUT2D eigenvalue weighted by molar-refractivity contribution is 0.404. The van der Waals surface area contributed by atoms with E-state index in [1.807, 2.05) is 0 Å². The maximum absolute atomic E-state index is 10.8. The van der Waals surface area contributed by atoms with E-state index >= 15 is 0 Å². The van der Waals surface area contributed by atoms with Gasteiger partial charge in [0.05, 0.1) is 0 Å². The fourth-order valence-corrected chi connectivity index (χ4v) is 4.80. The first-order valence-electron chi connectivity index (χ1n) is 9.50. The minimum absolute atomic E-state index is 0.141. The third-order valence-electron chi connectivity index (χ3n) is 6.16. The Bertz CT molecular complexity index is 1670. The predicted molar refractivity (Wildman–Crippen MR) is 118 cm³/mol. The summed E-state index contributed by atoms with van der Waals surface area (Å²) in [6.45, 7) is 0. The van der Waals surface area contributed by atoms with E-state index in [9.17, 15) is 40.9 Å². The zero-order valence-corrected chi connectivity index (χ0v) is 16.0. The molecular weight excluding hydrogens is 416 g/mol. The first-order valence-corrected chi connectivity index (χ1v) is 9.50. The third-order valence-corrected chi connectivity index (χ3v) is 6.16. The molecule has 0 aliphatic carbocycles. The average Bonchev–Trinajstić information content (AvgIpc) is 2.74. The lowest BCUT2D eigenvalue weighted by atomic mass is 9.84. The molecule has 0 saturated carbocycles. The molecule has 8 nitrogen and oxygen atoms in total. The van der Waals surface area contributed by atoms with Gasteiger partial charge in [0.25, 0.3) is 0 Å². The van der Waals surface area contributed by atoms with Crippen molar-refractivity contribution in [3.05, 3.63) is 36.4 Å². The summed E-state index contributed by atoms with van der Waals surface area (Å²) in [5, 5.41) is 86.1. The third kappa shape index (κ3) is 1.96. The fraction of sp³-hybridized carbons (Fsp3) is 0.